The Morgan fingerprint density at radius 1 is 1.12 bits per heavy atom. The lowest BCUT2D eigenvalue weighted by Crippen LogP contribution is -2.61. The number of aliphatic hydroxyl groups is 1. The highest BCUT2D eigenvalue weighted by Crippen LogP contribution is 2.55. The fourth-order valence-electron chi connectivity index (χ4n) is 7.37. The minimum atomic E-state index is -0.487. The zero-order valence-electron chi connectivity index (χ0n) is 19.9. The summed E-state index contributed by atoms with van der Waals surface area (Å²) in [6.45, 7) is 5.86. The number of aromatic nitrogens is 2. The third-order valence-corrected chi connectivity index (χ3v) is 8.63. The monoisotopic (exact) mass is 461 g/mol. The molecule has 5 aliphatic rings. The second-order valence-corrected chi connectivity index (χ2v) is 11.2. The van der Waals surface area contributed by atoms with E-state index in [1.54, 1.807) is 12.3 Å². The van der Waals surface area contributed by atoms with E-state index >= 15 is 0 Å². The first-order valence-corrected chi connectivity index (χ1v) is 12.8. The quantitative estimate of drug-likeness (QED) is 0.713. The summed E-state index contributed by atoms with van der Waals surface area (Å²) in [5.41, 5.74) is 1.28. The van der Waals surface area contributed by atoms with Crippen LogP contribution in [0.4, 0.5) is 5.95 Å². The van der Waals surface area contributed by atoms with Crippen molar-refractivity contribution in [2.24, 2.45) is 17.8 Å². The van der Waals surface area contributed by atoms with Crippen molar-refractivity contribution >= 4 is 11.9 Å². The van der Waals surface area contributed by atoms with Crippen LogP contribution in [-0.2, 0) is 6.54 Å². The first kappa shape index (κ1) is 22.0. The molecule has 7 rings (SSSR count). The summed E-state index contributed by atoms with van der Waals surface area (Å²) in [5.74, 6) is 1.93. The van der Waals surface area contributed by atoms with E-state index in [1.807, 2.05) is 0 Å². The second kappa shape index (κ2) is 8.61. The Bertz CT molecular complexity index is 1030. The third-order valence-electron chi connectivity index (χ3n) is 8.63. The Morgan fingerprint density at radius 2 is 1.88 bits per heavy atom. The smallest absolute Gasteiger partial charge is 0.270 e. The first-order chi connectivity index (χ1) is 16.5. The predicted molar refractivity (Wildman–Crippen MR) is 130 cm³/mol. The molecular formula is C27H35N5O2. The normalized spacial score (nSPS) is 34.9. The maximum absolute atomic E-state index is 13.2. The summed E-state index contributed by atoms with van der Waals surface area (Å²) in [5, 5.41) is 14.1. The average Bonchev–Trinajstić information content (AvgIpc) is 2.81. The van der Waals surface area contributed by atoms with Crippen molar-refractivity contribution < 1.29 is 9.90 Å². The van der Waals surface area contributed by atoms with Crippen LogP contribution in [0.25, 0.3) is 0 Å². The minimum Gasteiger partial charge on any atom is -0.390 e. The number of rotatable bonds is 5. The lowest BCUT2D eigenvalue weighted by molar-refractivity contribution is -0.136. The summed E-state index contributed by atoms with van der Waals surface area (Å²) in [6, 6.07) is 12.7. The standard InChI is InChI=1S/C27H35N5O2/c1-18-16-31(17-19-5-3-2-4-6-19)9-10-32(18)26-28-8-7-23(29-26)25(33)30-24-21-11-20-12-22(24)15-27(34,13-20)14-21/h2-8,18,20-22,24,34H,9-17H2,1H3,(H,30,33). The van der Waals surface area contributed by atoms with Crippen LogP contribution in [0.2, 0.25) is 0 Å². The topological polar surface area (TPSA) is 81.6 Å². The van der Waals surface area contributed by atoms with E-state index in [9.17, 15) is 9.90 Å². The molecular weight excluding hydrogens is 426 g/mol. The van der Waals surface area contributed by atoms with E-state index in [1.165, 1.54) is 5.56 Å². The van der Waals surface area contributed by atoms with Gasteiger partial charge in [-0.15, -0.1) is 0 Å². The molecule has 4 bridgehead atoms. The number of anilines is 1. The van der Waals surface area contributed by atoms with Gasteiger partial charge < -0.3 is 15.3 Å². The lowest BCUT2D eigenvalue weighted by atomic mass is 9.52. The number of benzene rings is 1. The van der Waals surface area contributed by atoms with E-state index in [-0.39, 0.29) is 18.0 Å². The Labute approximate surface area is 201 Å². The van der Waals surface area contributed by atoms with Gasteiger partial charge in [0.05, 0.1) is 5.60 Å². The van der Waals surface area contributed by atoms with Gasteiger partial charge in [0.2, 0.25) is 5.95 Å². The maximum atomic E-state index is 13.2. The van der Waals surface area contributed by atoms with Crippen LogP contribution in [0.5, 0.6) is 0 Å². The van der Waals surface area contributed by atoms with Crippen LogP contribution in [0.3, 0.4) is 0 Å². The van der Waals surface area contributed by atoms with Gasteiger partial charge in [0, 0.05) is 44.5 Å². The molecule has 0 spiro atoms. The van der Waals surface area contributed by atoms with Gasteiger partial charge >= 0.3 is 0 Å². The molecule has 1 aromatic carbocycles. The molecule has 2 heterocycles. The summed E-state index contributed by atoms with van der Waals surface area (Å²) in [7, 11) is 0. The largest absolute Gasteiger partial charge is 0.390 e. The number of carbonyl (C=O) groups is 1. The molecule has 4 aliphatic carbocycles. The van der Waals surface area contributed by atoms with E-state index in [0.29, 0.717) is 29.4 Å². The van der Waals surface area contributed by atoms with Gasteiger partial charge in [0.25, 0.3) is 5.91 Å². The number of piperazine rings is 1. The van der Waals surface area contributed by atoms with Crippen LogP contribution >= 0.6 is 0 Å². The fraction of sp³-hybridized carbons (Fsp3) is 0.593. The summed E-state index contributed by atoms with van der Waals surface area (Å²) < 4.78 is 0. The van der Waals surface area contributed by atoms with Gasteiger partial charge in [0.15, 0.2) is 0 Å². The summed E-state index contributed by atoms with van der Waals surface area (Å²) in [4.78, 5) is 27.1. The van der Waals surface area contributed by atoms with E-state index < -0.39 is 5.60 Å². The van der Waals surface area contributed by atoms with Crippen LogP contribution in [0.15, 0.2) is 42.6 Å². The van der Waals surface area contributed by atoms with Gasteiger partial charge in [-0.1, -0.05) is 30.3 Å². The zero-order valence-corrected chi connectivity index (χ0v) is 19.9. The Hall–Kier alpha value is -2.51. The molecule has 3 unspecified atom stereocenters. The molecule has 5 fully saturated rings. The fourth-order valence-corrected chi connectivity index (χ4v) is 7.37. The van der Waals surface area contributed by atoms with Gasteiger partial charge in [0.1, 0.15) is 5.69 Å². The lowest BCUT2D eigenvalue weighted by Gasteiger charge is -2.58. The predicted octanol–water partition coefficient (Wildman–Crippen LogP) is 2.86. The summed E-state index contributed by atoms with van der Waals surface area (Å²) in [6.07, 6.45) is 6.56. The van der Waals surface area contributed by atoms with Crippen molar-refractivity contribution in [3.8, 4) is 0 Å². The number of carbonyl (C=O) groups excluding carboxylic acids is 1. The SMILES string of the molecule is CC1CN(Cc2ccccc2)CCN1c1nccc(C(=O)NC2C3CC4CC2CC(O)(C4)C3)n1. The highest BCUT2D eigenvalue weighted by molar-refractivity contribution is 5.92. The molecule has 2 aromatic rings. The Balaban J connectivity index is 1.10. The molecule has 7 heteroatoms. The van der Waals surface area contributed by atoms with Crippen LogP contribution in [-0.4, -0.2) is 63.2 Å². The molecule has 1 aliphatic heterocycles. The first-order valence-electron chi connectivity index (χ1n) is 12.8. The molecule has 1 saturated heterocycles. The molecule has 180 valence electrons. The number of nitrogens with zero attached hydrogens (tertiary/aromatic N) is 4. The molecule has 0 radical (unpaired) electrons. The van der Waals surface area contributed by atoms with Gasteiger partial charge in [-0.3, -0.25) is 9.69 Å². The molecule has 3 atom stereocenters. The molecule has 1 aromatic heterocycles. The number of nitrogens with one attached hydrogen (secondary N) is 1. The molecule has 4 saturated carbocycles. The third kappa shape index (κ3) is 4.20. The Kier molecular flexibility index (Phi) is 5.57. The van der Waals surface area contributed by atoms with Crippen molar-refractivity contribution in [3.63, 3.8) is 0 Å². The summed E-state index contributed by atoms with van der Waals surface area (Å²) >= 11 is 0. The van der Waals surface area contributed by atoms with Crippen molar-refractivity contribution in [1.29, 1.82) is 0 Å². The molecule has 7 nitrogen and oxygen atoms in total. The minimum absolute atomic E-state index is 0.108. The van der Waals surface area contributed by atoms with Crippen molar-refractivity contribution in [2.75, 3.05) is 24.5 Å². The average molecular weight is 462 g/mol. The highest BCUT2D eigenvalue weighted by Gasteiger charge is 2.55. The van der Waals surface area contributed by atoms with Crippen LogP contribution in [0, 0.1) is 17.8 Å². The highest BCUT2D eigenvalue weighted by atomic mass is 16.3. The van der Waals surface area contributed by atoms with Crippen LogP contribution in [0.1, 0.15) is 55.1 Å². The van der Waals surface area contributed by atoms with Gasteiger partial charge in [-0.25, -0.2) is 9.97 Å². The number of hydrogen-bond acceptors (Lipinski definition) is 6. The van der Waals surface area contributed by atoms with Gasteiger partial charge in [-0.05, 0) is 68.4 Å². The number of amides is 1. The zero-order chi connectivity index (χ0) is 23.3. The van der Waals surface area contributed by atoms with E-state index in [0.717, 1.165) is 58.3 Å². The molecule has 34 heavy (non-hydrogen) atoms. The van der Waals surface area contributed by atoms with E-state index in [2.05, 4.69) is 62.3 Å². The van der Waals surface area contributed by atoms with E-state index in [4.69, 9.17) is 0 Å². The van der Waals surface area contributed by atoms with Gasteiger partial charge in [-0.2, -0.15) is 0 Å². The van der Waals surface area contributed by atoms with Crippen molar-refractivity contribution in [3.05, 3.63) is 53.9 Å². The van der Waals surface area contributed by atoms with Crippen molar-refractivity contribution in [2.45, 2.75) is 63.3 Å². The van der Waals surface area contributed by atoms with Crippen molar-refractivity contribution in [1.82, 2.24) is 20.2 Å². The van der Waals surface area contributed by atoms with Crippen LogP contribution < -0.4 is 10.2 Å². The maximum Gasteiger partial charge on any atom is 0.270 e. The molecule has 2 N–H and O–H groups in total. The second-order valence-electron chi connectivity index (χ2n) is 11.2. The number of hydrogen-bond donors (Lipinski definition) is 2. The Morgan fingerprint density at radius 3 is 2.59 bits per heavy atom. The molecule has 1 amide bonds.